The number of fused-ring (bicyclic) bond motifs is 1. The number of ketones is 1. The summed E-state index contributed by atoms with van der Waals surface area (Å²) in [5.74, 6) is 1.75. The second-order valence-electron chi connectivity index (χ2n) is 5.15. The van der Waals surface area contributed by atoms with Gasteiger partial charge in [-0.05, 0) is 32.9 Å². The number of nitrogens with zero attached hydrogens (tertiary/aromatic N) is 2. The van der Waals surface area contributed by atoms with E-state index in [-0.39, 0.29) is 11.9 Å². The second kappa shape index (κ2) is 6.05. The van der Waals surface area contributed by atoms with E-state index >= 15 is 0 Å². The van der Waals surface area contributed by atoms with Gasteiger partial charge in [-0.2, -0.15) is 0 Å². The molecule has 1 heterocycles. The molecule has 0 aliphatic heterocycles. The SMILES string of the molecule is CC(=O)CCn1c(CN)nc2cc(OC(C)C)ccc21. The maximum atomic E-state index is 11.2. The van der Waals surface area contributed by atoms with Gasteiger partial charge in [0.05, 0.1) is 23.7 Å². The number of aryl methyl sites for hydroxylation is 1. The van der Waals surface area contributed by atoms with Crippen molar-refractivity contribution in [2.75, 3.05) is 0 Å². The molecule has 108 valence electrons. The van der Waals surface area contributed by atoms with Gasteiger partial charge in [0, 0.05) is 19.0 Å². The smallest absolute Gasteiger partial charge is 0.131 e. The average molecular weight is 275 g/mol. The summed E-state index contributed by atoms with van der Waals surface area (Å²) in [6.45, 7) is 6.54. The van der Waals surface area contributed by atoms with Crippen LogP contribution in [0.4, 0.5) is 0 Å². The van der Waals surface area contributed by atoms with Gasteiger partial charge in [0.2, 0.25) is 0 Å². The van der Waals surface area contributed by atoms with Crippen molar-refractivity contribution in [1.29, 1.82) is 0 Å². The summed E-state index contributed by atoms with van der Waals surface area (Å²) < 4.78 is 7.68. The van der Waals surface area contributed by atoms with Gasteiger partial charge in [-0.25, -0.2) is 4.98 Å². The van der Waals surface area contributed by atoms with Gasteiger partial charge < -0.3 is 15.0 Å². The minimum Gasteiger partial charge on any atom is -0.491 e. The molecule has 2 rings (SSSR count). The summed E-state index contributed by atoms with van der Waals surface area (Å²) in [6, 6.07) is 5.81. The maximum absolute atomic E-state index is 11.2. The lowest BCUT2D eigenvalue weighted by molar-refractivity contribution is -0.117. The van der Waals surface area contributed by atoms with E-state index in [2.05, 4.69) is 4.98 Å². The van der Waals surface area contributed by atoms with E-state index in [1.54, 1.807) is 6.92 Å². The molecule has 1 aromatic heterocycles. The molecule has 0 aliphatic carbocycles. The fraction of sp³-hybridized carbons (Fsp3) is 0.467. The fourth-order valence-electron chi connectivity index (χ4n) is 2.18. The second-order valence-corrected chi connectivity index (χ2v) is 5.15. The van der Waals surface area contributed by atoms with Gasteiger partial charge in [-0.1, -0.05) is 0 Å². The molecule has 0 amide bonds. The van der Waals surface area contributed by atoms with E-state index in [1.807, 2.05) is 36.6 Å². The fourth-order valence-corrected chi connectivity index (χ4v) is 2.18. The number of hydrogen-bond donors (Lipinski definition) is 1. The predicted octanol–water partition coefficient (Wildman–Crippen LogP) is 2.26. The minimum atomic E-state index is 0.126. The Morgan fingerprint density at radius 3 is 2.80 bits per heavy atom. The molecule has 5 nitrogen and oxygen atoms in total. The molecule has 2 N–H and O–H groups in total. The van der Waals surface area contributed by atoms with Crippen LogP contribution in [-0.2, 0) is 17.9 Å². The number of Topliss-reactive ketones (excluding diaryl/α,β-unsaturated/α-hetero) is 1. The standard InChI is InChI=1S/C15H21N3O2/c1-10(2)20-12-4-5-14-13(8-12)17-15(9-16)18(14)7-6-11(3)19/h4-5,8,10H,6-7,9,16H2,1-3H3. The number of rotatable bonds is 6. The number of carbonyl (C=O) groups is 1. The third kappa shape index (κ3) is 3.17. The van der Waals surface area contributed by atoms with Crippen LogP contribution in [0.2, 0.25) is 0 Å². The predicted molar refractivity (Wildman–Crippen MR) is 78.7 cm³/mol. The molecule has 0 saturated heterocycles. The molecule has 0 unspecified atom stereocenters. The summed E-state index contributed by atoms with van der Waals surface area (Å²) in [4.78, 5) is 15.7. The van der Waals surface area contributed by atoms with Crippen LogP contribution in [-0.4, -0.2) is 21.4 Å². The third-order valence-corrected chi connectivity index (χ3v) is 3.04. The molecular weight excluding hydrogens is 254 g/mol. The van der Waals surface area contributed by atoms with Crippen molar-refractivity contribution in [2.24, 2.45) is 5.73 Å². The summed E-state index contributed by atoms with van der Waals surface area (Å²) in [7, 11) is 0. The first-order valence-corrected chi connectivity index (χ1v) is 6.86. The number of carbonyl (C=O) groups excluding carboxylic acids is 1. The number of nitrogens with two attached hydrogens (primary N) is 1. The number of ether oxygens (including phenoxy) is 1. The lowest BCUT2D eigenvalue weighted by atomic mass is 10.2. The van der Waals surface area contributed by atoms with Gasteiger partial charge in [0.25, 0.3) is 0 Å². The molecule has 0 aliphatic rings. The quantitative estimate of drug-likeness (QED) is 0.878. The minimum absolute atomic E-state index is 0.126. The highest BCUT2D eigenvalue weighted by Gasteiger charge is 2.11. The lowest BCUT2D eigenvalue weighted by Crippen LogP contribution is -2.10. The van der Waals surface area contributed by atoms with Gasteiger partial charge in [0.15, 0.2) is 0 Å². The van der Waals surface area contributed by atoms with E-state index in [0.717, 1.165) is 22.6 Å². The lowest BCUT2D eigenvalue weighted by Gasteiger charge is -2.10. The van der Waals surface area contributed by atoms with Gasteiger partial charge in [-0.15, -0.1) is 0 Å². The summed E-state index contributed by atoms with van der Waals surface area (Å²) in [5.41, 5.74) is 7.58. The highest BCUT2D eigenvalue weighted by Crippen LogP contribution is 2.23. The Labute approximate surface area is 118 Å². The van der Waals surface area contributed by atoms with Crippen LogP contribution in [0.5, 0.6) is 5.75 Å². The molecule has 20 heavy (non-hydrogen) atoms. The monoisotopic (exact) mass is 275 g/mol. The van der Waals surface area contributed by atoms with Crippen molar-refractivity contribution in [1.82, 2.24) is 9.55 Å². The first-order valence-electron chi connectivity index (χ1n) is 6.86. The first-order chi connectivity index (χ1) is 9.51. The van der Waals surface area contributed by atoms with Crippen molar-refractivity contribution >= 4 is 16.8 Å². The van der Waals surface area contributed by atoms with Crippen LogP contribution in [0.25, 0.3) is 11.0 Å². The summed E-state index contributed by atoms with van der Waals surface area (Å²) in [5, 5.41) is 0. The molecule has 0 saturated carbocycles. The van der Waals surface area contributed by atoms with Gasteiger partial charge in [-0.3, -0.25) is 4.79 Å². The van der Waals surface area contributed by atoms with Crippen molar-refractivity contribution in [3.63, 3.8) is 0 Å². The number of hydrogen-bond acceptors (Lipinski definition) is 4. The molecule has 0 radical (unpaired) electrons. The van der Waals surface area contributed by atoms with Crippen LogP contribution in [0.15, 0.2) is 18.2 Å². The van der Waals surface area contributed by atoms with Gasteiger partial charge >= 0.3 is 0 Å². The zero-order chi connectivity index (χ0) is 14.7. The van der Waals surface area contributed by atoms with E-state index in [9.17, 15) is 4.79 Å². The first kappa shape index (κ1) is 14.5. The summed E-state index contributed by atoms with van der Waals surface area (Å²) >= 11 is 0. The van der Waals surface area contributed by atoms with Crippen LogP contribution < -0.4 is 10.5 Å². The van der Waals surface area contributed by atoms with Crippen molar-refractivity contribution in [2.45, 2.75) is 46.4 Å². The van der Waals surface area contributed by atoms with Crippen LogP contribution in [0.3, 0.4) is 0 Å². The van der Waals surface area contributed by atoms with Crippen LogP contribution >= 0.6 is 0 Å². The number of benzene rings is 1. The summed E-state index contributed by atoms with van der Waals surface area (Å²) in [6.07, 6.45) is 0.615. The maximum Gasteiger partial charge on any atom is 0.131 e. The Bertz CT molecular complexity index is 617. The number of imidazole rings is 1. The van der Waals surface area contributed by atoms with E-state index in [4.69, 9.17) is 10.5 Å². The molecule has 0 atom stereocenters. The van der Waals surface area contributed by atoms with E-state index in [0.29, 0.717) is 19.5 Å². The van der Waals surface area contributed by atoms with E-state index < -0.39 is 0 Å². The molecule has 2 aromatic rings. The zero-order valence-corrected chi connectivity index (χ0v) is 12.2. The topological polar surface area (TPSA) is 70.1 Å². The zero-order valence-electron chi connectivity index (χ0n) is 12.2. The van der Waals surface area contributed by atoms with Crippen molar-refractivity contribution in [3.8, 4) is 5.75 Å². The number of aromatic nitrogens is 2. The normalized spacial score (nSPS) is 11.2. The van der Waals surface area contributed by atoms with Crippen molar-refractivity contribution < 1.29 is 9.53 Å². The Morgan fingerprint density at radius 2 is 2.20 bits per heavy atom. The van der Waals surface area contributed by atoms with Crippen molar-refractivity contribution in [3.05, 3.63) is 24.0 Å². The third-order valence-electron chi connectivity index (χ3n) is 3.04. The Morgan fingerprint density at radius 1 is 1.45 bits per heavy atom. The molecule has 5 heteroatoms. The largest absolute Gasteiger partial charge is 0.491 e. The highest BCUT2D eigenvalue weighted by molar-refractivity contribution is 5.79. The molecule has 0 spiro atoms. The average Bonchev–Trinajstić information content (AvgIpc) is 2.72. The highest BCUT2D eigenvalue weighted by atomic mass is 16.5. The van der Waals surface area contributed by atoms with Crippen LogP contribution in [0, 0.1) is 0 Å². The Kier molecular flexibility index (Phi) is 4.39. The molecular formula is C15H21N3O2. The molecule has 0 fully saturated rings. The molecule has 0 bridgehead atoms. The van der Waals surface area contributed by atoms with Gasteiger partial charge in [0.1, 0.15) is 17.4 Å². The van der Waals surface area contributed by atoms with Crippen LogP contribution in [0.1, 0.15) is 33.0 Å². The Balaban J connectivity index is 2.38. The molecule has 1 aromatic carbocycles. The Hall–Kier alpha value is -1.88. The van der Waals surface area contributed by atoms with E-state index in [1.165, 1.54) is 0 Å².